The first-order valence-corrected chi connectivity index (χ1v) is 8.30. The number of aliphatic hydroxyl groups excluding tert-OH is 1. The number of ether oxygens (including phenoxy) is 1. The van der Waals surface area contributed by atoms with Crippen molar-refractivity contribution in [3.63, 3.8) is 0 Å². The van der Waals surface area contributed by atoms with Crippen molar-refractivity contribution in [3.8, 4) is 11.5 Å². The van der Waals surface area contributed by atoms with Gasteiger partial charge in [-0.05, 0) is 36.8 Å². The van der Waals surface area contributed by atoms with Gasteiger partial charge in [-0.25, -0.2) is 0 Å². The lowest BCUT2D eigenvalue weighted by Crippen LogP contribution is -2.03. The van der Waals surface area contributed by atoms with Crippen LogP contribution in [0.1, 0.15) is 34.5 Å². The Morgan fingerprint density at radius 3 is 2.41 bits per heavy atom. The number of rotatable bonds is 6. The Kier molecular flexibility index (Phi) is 5.28. The van der Waals surface area contributed by atoms with Crippen molar-refractivity contribution in [2.75, 3.05) is 0 Å². The lowest BCUT2D eigenvalue weighted by atomic mass is 10.0. The molecule has 0 aliphatic rings. The molecule has 3 aromatic rings. The summed E-state index contributed by atoms with van der Waals surface area (Å²) in [4.78, 5) is 23.4. The average molecular weight is 363 g/mol. The molecular weight excluding hydrogens is 346 g/mol. The summed E-state index contributed by atoms with van der Waals surface area (Å²) in [6.45, 7) is 1.62. The minimum Gasteiger partial charge on any atom is -0.450 e. The monoisotopic (exact) mass is 363 g/mol. The van der Waals surface area contributed by atoms with E-state index in [0.717, 1.165) is 0 Å². The van der Waals surface area contributed by atoms with Crippen LogP contribution in [-0.2, 0) is 0 Å². The third-order valence-corrected chi connectivity index (χ3v) is 4.02. The van der Waals surface area contributed by atoms with Crippen LogP contribution in [0.4, 0.5) is 5.69 Å². The maximum atomic E-state index is 12.5. The van der Waals surface area contributed by atoms with Crippen molar-refractivity contribution in [2.24, 2.45) is 0 Å². The zero-order valence-corrected chi connectivity index (χ0v) is 14.5. The Labute approximate surface area is 155 Å². The minimum absolute atomic E-state index is 0.0207. The molecule has 1 N–H and O–H groups in total. The summed E-state index contributed by atoms with van der Waals surface area (Å²) in [6.07, 6.45) is -0.686. The lowest BCUT2D eigenvalue weighted by molar-refractivity contribution is -0.385. The predicted molar refractivity (Wildman–Crippen MR) is 100 cm³/mol. The van der Waals surface area contributed by atoms with Gasteiger partial charge in [-0.1, -0.05) is 42.5 Å². The first kappa shape index (κ1) is 18.3. The smallest absolute Gasteiger partial charge is 0.312 e. The van der Waals surface area contributed by atoms with Crippen LogP contribution < -0.4 is 4.74 Å². The topological polar surface area (TPSA) is 89.7 Å². The summed E-state index contributed by atoms with van der Waals surface area (Å²) in [5.74, 6) is 0.0762. The lowest BCUT2D eigenvalue weighted by Gasteiger charge is -2.10. The van der Waals surface area contributed by atoms with E-state index in [0.29, 0.717) is 16.9 Å². The van der Waals surface area contributed by atoms with E-state index in [9.17, 15) is 20.0 Å². The molecule has 3 aromatic carbocycles. The van der Waals surface area contributed by atoms with Gasteiger partial charge >= 0.3 is 5.69 Å². The Balaban J connectivity index is 1.94. The number of hydrogen-bond acceptors (Lipinski definition) is 5. The fourth-order valence-electron chi connectivity index (χ4n) is 2.61. The van der Waals surface area contributed by atoms with Gasteiger partial charge in [-0.15, -0.1) is 0 Å². The molecule has 0 unspecified atom stereocenters. The molecule has 0 spiro atoms. The van der Waals surface area contributed by atoms with Gasteiger partial charge in [-0.3, -0.25) is 14.9 Å². The number of hydrogen-bond donors (Lipinski definition) is 1. The molecule has 27 heavy (non-hydrogen) atoms. The summed E-state index contributed by atoms with van der Waals surface area (Å²) < 4.78 is 5.64. The molecule has 0 fully saturated rings. The van der Waals surface area contributed by atoms with Crippen LogP contribution in [0.3, 0.4) is 0 Å². The Morgan fingerprint density at radius 2 is 1.74 bits per heavy atom. The van der Waals surface area contributed by atoms with E-state index in [2.05, 4.69) is 0 Å². The summed E-state index contributed by atoms with van der Waals surface area (Å²) in [7, 11) is 0. The molecule has 3 rings (SSSR count). The highest BCUT2D eigenvalue weighted by atomic mass is 16.6. The number of aliphatic hydroxyl groups is 1. The second kappa shape index (κ2) is 7.80. The fourth-order valence-corrected chi connectivity index (χ4v) is 2.61. The molecule has 1 atom stereocenters. The standard InChI is InChI=1S/C21H17NO5/c1-14(23)16-8-5-9-18(12-16)27-20-11-10-17(13-19(20)22(25)26)21(24)15-6-3-2-4-7-15/h2-14,23H,1H3/t14-/m1/s1. The minimum atomic E-state index is -0.686. The molecule has 0 aromatic heterocycles. The van der Waals surface area contributed by atoms with Gasteiger partial charge in [0.05, 0.1) is 11.0 Å². The number of ketones is 1. The first-order valence-electron chi connectivity index (χ1n) is 8.30. The third kappa shape index (κ3) is 4.19. The SMILES string of the molecule is C[C@@H](O)c1cccc(Oc2ccc(C(=O)c3ccccc3)cc2[N+](=O)[O-])c1. The maximum absolute atomic E-state index is 12.5. The summed E-state index contributed by atoms with van der Waals surface area (Å²) in [5, 5.41) is 21.1. The molecule has 0 saturated heterocycles. The van der Waals surface area contributed by atoms with Crippen molar-refractivity contribution in [3.05, 3.63) is 99.6 Å². The highest BCUT2D eigenvalue weighted by Crippen LogP contribution is 2.33. The van der Waals surface area contributed by atoms with E-state index in [1.54, 1.807) is 61.5 Å². The van der Waals surface area contributed by atoms with Crippen molar-refractivity contribution >= 4 is 11.5 Å². The van der Waals surface area contributed by atoms with Crippen LogP contribution in [0.5, 0.6) is 11.5 Å². The van der Waals surface area contributed by atoms with Crippen LogP contribution in [0.15, 0.2) is 72.8 Å². The number of nitrogens with zero attached hydrogens (tertiary/aromatic N) is 1. The van der Waals surface area contributed by atoms with Crippen molar-refractivity contribution < 1.29 is 19.6 Å². The summed E-state index contributed by atoms with van der Waals surface area (Å²) in [5.41, 5.74) is 0.980. The first-order chi connectivity index (χ1) is 13.0. The fraction of sp³-hybridized carbons (Fsp3) is 0.0952. The highest BCUT2D eigenvalue weighted by Gasteiger charge is 2.20. The van der Waals surface area contributed by atoms with Gasteiger partial charge in [-0.2, -0.15) is 0 Å². The van der Waals surface area contributed by atoms with Crippen LogP contribution in [0.25, 0.3) is 0 Å². The van der Waals surface area contributed by atoms with E-state index in [-0.39, 0.29) is 22.8 Å². The van der Waals surface area contributed by atoms with Gasteiger partial charge < -0.3 is 9.84 Å². The number of carbonyl (C=O) groups is 1. The van der Waals surface area contributed by atoms with E-state index in [1.807, 2.05) is 0 Å². The average Bonchev–Trinajstić information content (AvgIpc) is 2.68. The van der Waals surface area contributed by atoms with Crippen LogP contribution in [0.2, 0.25) is 0 Å². The molecule has 6 nitrogen and oxygen atoms in total. The summed E-state index contributed by atoms with van der Waals surface area (Å²) in [6, 6.07) is 19.3. The van der Waals surface area contributed by atoms with Crippen molar-refractivity contribution in [1.82, 2.24) is 0 Å². The number of benzene rings is 3. The van der Waals surface area contributed by atoms with E-state index in [1.165, 1.54) is 18.2 Å². The van der Waals surface area contributed by atoms with Crippen molar-refractivity contribution in [2.45, 2.75) is 13.0 Å². The van der Waals surface area contributed by atoms with Crippen LogP contribution in [0, 0.1) is 10.1 Å². The van der Waals surface area contributed by atoms with Gasteiger partial charge in [0.25, 0.3) is 0 Å². The second-order valence-electron chi connectivity index (χ2n) is 5.99. The highest BCUT2D eigenvalue weighted by molar-refractivity contribution is 6.09. The molecule has 0 bridgehead atoms. The van der Waals surface area contributed by atoms with E-state index >= 15 is 0 Å². The zero-order valence-electron chi connectivity index (χ0n) is 14.5. The largest absolute Gasteiger partial charge is 0.450 e. The van der Waals surface area contributed by atoms with E-state index < -0.39 is 11.0 Å². The van der Waals surface area contributed by atoms with Gasteiger partial charge in [0.2, 0.25) is 5.75 Å². The molecule has 0 heterocycles. The molecule has 0 amide bonds. The van der Waals surface area contributed by atoms with Crippen molar-refractivity contribution in [1.29, 1.82) is 0 Å². The molecule has 0 radical (unpaired) electrons. The number of nitro groups is 1. The Morgan fingerprint density at radius 1 is 1.00 bits per heavy atom. The molecular formula is C21H17NO5. The quantitative estimate of drug-likeness (QED) is 0.390. The van der Waals surface area contributed by atoms with Gasteiger partial charge in [0.15, 0.2) is 5.78 Å². The Bertz CT molecular complexity index is 983. The zero-order chi connectivity index (χ0) is 19.4. The van der Waals surface area contributed by atoms with Gasteiger partial charge in [0, 0.05) is 17.2 Å². The Hall–Kier alpha value is -3.51. The van der Waals surface area contributed by atoms with E-state index in [4.69, 9.17) is 4.74 Å². The molecule has 0 saturated carbocycles. The summed E-state index contributed by atoms with van der Waals surface area (Å²) >= 11 is 0. The normalized spacial score (nSPS) is 11.6. The van der Waals surface area contributed by atoms with Gasteiger partial charge in [0.1, 0.15) is 5.75 Å². The van der Waals surface area contributed by atoms with Crippen LogP contribution in [-0.4, -0.2) is 15.8 Å². The molecule has 6 heteroatoms. The number of nitro benzene ring substituents is 1. The predicted octanol–water partition coefficient (Wildman–Crippen LogP) is 4.67. The number of carbonyl (C=O) groups excluding carboxylic acids is 1. The molecule has 0 aliphatic carbocycles. The molecule has 136 valence electrons. The second-order valence-corrected chi connectivity index (χ2v) is 5.99. The third-order valence-electron chi connectivity index (χ3n) is 4.02. The molecule has 0 aliphatic heterocycles. The van der Waals surface area contributed by atoms with Crippen LogP contribution >= 0.6 is 0 Å². The maximum Gasteiger partial charge on any atom is 0.312 e.